The van der Waals surface area contributed by atoms with Crippen LogP contribution in [0, 0.1) is 11.3 Å². The molecule has 39 heavy (non-hydrogen) atoms. The van der Waals surface area contributed by atoms with Crippen molar-refractivity contribution in [1.29, 1.82) is 5.26 Å². The maximum absolute atomic E-state index is 13.3. The number of aryl methyl sites for hydroxylation is 1. The molecule has 0 spiro atoms. The molecule has 0 aromatic carbocycles. The Morgan fingerprint density at radius 2 is 2.21 bits per heavy atom. The molecular formula is C27H33N7O5. The minimum absolute atomic E-state index is 0.0674. The molecule has 206 valence electrons. The van der Waals surface area contributed by atoms with Gasteiger partial charge in [0.2, 0.25) is 0 Å². The van der Waals surface area contributed by atoms with Gasteiger partial charge in [-0.2, -0.15) is 5.26 Å². The van der Waals surface area contributed by atoms with E-state index >= 15 is 0 Å². The van der Waals surface area contributed by atoms with Crippen LogP contribution in [0.3, 0.4) is 0 Å². The zero-order valence-corrected chi connectivity index (χ0v) is 22.4. The van der Waals surface area contributed by atoms with Crippen LogP contribution in [-0.2, 0) is 27.2 Å². The number of carbonyl (C=O) groups excluding carboxylic acids is 3. The van der Waals surface area contributed by atoms with Crippen molar-refractivity contribution < 1.29 is 23.9 Å². The van der Waals surface area contributed by atoms with Gasteiger partial charge in [-0.3, -0.25) is 19.8 Å². The number of anilines is 3. The molecule has 4 rings (SSSR count). The summed E-state index contributed by atoms with van der Waals surface area (Å²) >= 11 is 0. The van der Waals surface area contributed by atoms with Crippen LogP contribution in [0.4, 0.5) is 22.1 Å². The van der Waals surface area contributed by atoms with E-state index in [4.69, 9.17) is 9.47 Å². The van der Waals surface area contributed by atoms with Crippen molar-refractivity contribution in [2.45, 2.75) is 51.3 Å². The summed E-state index contributed by atoms with van der Waals surface area (Å²) < 4.78 is 10.6. The highest BCUT2D eigenvalue weighted by Gasteiger charge is 2.29. The molecule has 1 saturated heterocycles. The Hall–Kier alpha value is -4.08. The van der Waals surface area contributed by atoms with E-state index in [-0.39, 0.29) is 30.0 Å². The fraction of sp³-hybridized carbons (Fsp3) is 0.481. The van der Waals surface area contributed by atoms with E-state index in [1.807, 2.05) is 13.0 Å². The number of methoxy groups -OCH3 is 1. The summed E-state index contributed by atoms with van der Waals surface area (Å²) in [5.74, 6) is 0.543. The lowest BCUT2D eigenvalue weighted by Gasteiger charge is -2.30. The van der Waals surface area contributed by atoms with Gasteiger partial charge in [-0.05, 0) is 44.2 Å². The topological polar surface area (TPSA) is 150 Å². The third-order valence-corrected chi connectivity index (χ3v) is 6.70. The number of urea groups is 1. The third-order valence-electron chi connectivity index (χ3n) is 6.70. The number of nitrogens with one attached hydrogen (secondary N) is 2. The molecule has 0 unspecified atom stereocenters. The Labute approximate surface area is 227 Å². The van der Waals surface area contributed by atoms with Gasteiger partial charge in [-0.1, -0.05) is 0 Å². The highest BCUT2D eigenvalue weighted by atomic mass is 16.5. The average molecular weight is 536 g/mol. The van der Waals surface area contributed by atoms with Crippen molar-refractivity contribution in [2.24, 2.45) is 0 Å². The molecule has 0 aliphatic carbocycles. The lowest BCUT2D eigenvalue weighted by atomic mass is 10.0. The molecule has 2 aromatic heterocycles. The van der Waals surface area contributed by atoms with Crippen LogP contribution in [0.1, 0.15) is 53.4 Å². The fourth-order valence-corrected chi connectivity index (χ4v) is 4.80. The predicted molar refractivity (Wildman–Crippen MR) is 144 cm³/mol. The minimum Gasteiger partial charge on any atom is -0.383 e. The average Bonchev–Trinajstić information content (AvgIpc) is 3.47. The summed E-state index contributed by atoms with van der Waals surface area (Å²) in [4.78, 5) is 49.7. The smallest absolute Gasteiger partial charge is 0.328 e. The molecule has 2 aliphatic rings. The van der Waals surface area contributed by atoms with Crippen molar-refractivity contribution in [3.63, 3.8) is 0 Å². The number of hydrogen-bond acceptors (Lipinski definition) is 9. The molecule has 2 atom stereocenters. The fourth-order valence-electron chi connectivity index (χ4n) is 4.80. The second kappa shape index (κ2) is 12.6. The molecule has 4 heterocycles. The van der Waals surface area contributed by atoms with Crippen LogP contribution in [0.2, 0.25) is 0 Å². The second-order valence-electron chi connectivity index (χ2n) is 9.74. The van der Waals surface area contributed by atoms with Gasteiger partial charge in [0.05, 0.1) is 17.9 Å². The van der Waals surface area contributed by atoms with Crippen LogP contribution < -0.4 is 15.5 Å². The van der Waals surface area contributed by atoms with Crippen LogP contribution in [-0.4, -0.2) is 79.2 Å². The van der Waals surface area contributed by atoms with Gasteiger partial charge < -0.3 is 19.7 Å². The van der Waals surface area contributed by atoms with Gasteiger partial charge in [-0.25, -0.2) is 14.8 Å². The Morgan fingerprint density at radius 1 is 1.38 bits per heavy atom. The van der Waals surface area contributed by atoms with E-state index in [1.54, 1.807) is 25.1 Å². The lowest BCUT2D eigenvalue weighted by molar-refractivity contribution is -0.140. The van der Waals surface area contributed by atoms with Crippen molar-refractivity contribution in [2.75, 3.05) is 49.4 Å². The predicted octanol–water partition coefficient (Wildman–Crippen LogP) is 2.73. The number of likely N-dealkylation sites (N-methyl/N-ethyl adjacent to an activating group) is 1. The molecule has 0 radical (unpaired) electrons. The van der Waals surface area contributed by atoms with Crippen LogP contribution in [0.5, 0.6) is 0 Å². The first-order valence-electron chi connectivity index (χ1n) is 12.9. The quantitative estimate of drug-likeness (QED) is 0.462. The highest BCUT2D eigenvalue weighted by Crippen LogP contribution is 2.29. The summed E-state index contributed by atoms with van der Waals surface area (Å²) in [6, 6.07) is 5.02. The zero-order chi connectivity index (χ0) is 27.9. The van der Waals surface area contributed by atoms with Gasteiger partial charge in [-0.15, -0.1) is 0 Å². The summed E-state index contributed by atoms with van der Waals surface area (Å²) in [6.45, 7) is 3.54. The number of nitriles is 1. The number of nitrogens with zero attached hydrogens (tertiary/aromatic N) is 5. The van der Waals surface area contributed by atoms with Crippen molar-refractivity contribution >= 4 is 35.5 Å². The zero-order valence-electron chi connectivity index (χ0n) is 22.4. The van der Waals surface area contributed by atoms with E-state index in [1.165, 1.54) is 11.1 Å². The molecule has 12 heteroatoms. The highest BCUT2D eigenvalue weighted by molar-refractivity contribution is 6.02. The summed E-state index contributed by atoms with van der Waals surface area (Å²) in [6.07, 6.45) is 4.52. The van der Waals surface area contributed by atoms with Crippen molar-refractivity contribution in [3.8, 4) is 6.07 Å². The van der Waals surface area contributed by atoms with E-state index in [2.05, 4.69) is 26.7 Å². The second-order valence-corrected chi connectivity index (χ2v) is 9.74. The Balaban J connectivity index is 1.52. The van der Waals surface area contributed by atoms with Gasteiger partial charge >= 0.3 is 6.03 Å². The number of ether oxygens (including phenoxy) is 2. The Morgan fingerprint density at radius 3 is 2.90 bits per heavy atom. The lowest BCUT2D eigenvalue weighted by Crippen LogP contribution is -2.40. The first kappa shape index (κ1) is 27.9. The number of aromatic nitrogens is 2. The van der Waals surface area contributed by atoms with E-state index < -0.39 is 12.1 Å². The number of hydrogen-bond donors (Lipinski definition) is 2. The maximum Gasteiger partial charge on any atom is 0.328 e. The number of amides is 3. The largest absolute Gasteiger partial charge is 0.383 e. The van der Waals surface area contributed by atoms with Gasteiger partial charge in [0.15, 0.2) is 6.29 Å². The molecule has 12 nitrogen and oxygen atoms in total. The normalized spacial score (nSPS) is 17.1. The summed E-state index contributed by atoms with van der Waals surface area (Å²) in [5, 5.41) is 15.4. The van der Waals surface area contributed by atoms with Crippen molar-refractivity contribution in [1.82, 2.24) is 14.9 Å². The number of pyridine rings is 2. The van der Waals surface area contributed by atoms with Crippen LogP contribution in [0.15, 0.2) is 18.3 Å². The first-order valence-corrected chi connectivity index (χ1v) is 12.9. The van der Waals surface area contributed by atoms with Gasteiger partial charge in [0.25, 0.3) is 5.91 Å². The molecule has 3 amide bonds. The third kappa shape index (κ3) is 6.50. The van der Waals surface area contributed by atoms with E-state index in [0.717, 1.165) is 12.0 Å². The van der Waals surface area contributed by atoms with Crippen LogP contribution in [0.25, 0.3) is 0 Å². The van der Waals surface area contributed by atoms with E-state index in [9.17, 15) is 19.6 Å². The molecule has 0 bridgehead atoms. The molecule has 2 N–H and O–H groups in total. The SMILES string of the molecule is COC[C@@H](C)Nc1cc(NC(=O)N2CCCc3cc(CN(C)C(=O)[C@H]4CCCO4)c(C=O)nc32)ncc1C#N. The number of rotatable bonds is 9. The molecule has 2 aromatic rings. The standard InChI is InChI=1S/C27H33N7O5/c1-17(16-38-3)30-21-11-24(29-13-20(21)12-28)32-27(37)34-8-4-6-18-10-19(22(15-35)31-25(18)34)14-33(2)26(36)23-7-5-9-39-23/h10-11,13,15,17,23H,4-9,14,16H2,1-3H3,(H2,29,30,32,37)/t17-,23-/m1/s1. The summed E-state index contributed by atoms with van der Waals surface area (Å²) in [7, 11) is 3.27. The Bertz CT molecular complexity index is 1270. The molecule has 1 fully saturated rings. The monoisotopic (exact) mass is 535 g/mol. The minimum atomic E-state index is -0.452. The van der Waals surface area contributed by atoms with Gasteiger partial charge in [0.1, 0.15) is 29.5 Å². The summed E-state index contributed by atoms with van der Waals surface area (Å²) in [5.41, 5.74) is 2.48. The number of carbonyl (C=O) groups is 3. The van der Waals surface area contributed by atoms with Crippen LogP contribution >= 0.6 is 0 Å². The van der Waals surface area contributed by atoms with Crippen molar-refractivity contribution in [3.05, 3.63) is 40.7 Å². The maximum atomic E-state index is 13.3. The first-order chi connectivity index (χ1) is 18.8. The van der Waals surface area contributed by atoms with Gasteiger partial charge in [0, 0.05) is 57.7 Å². The molecular weight excluding hydrogens is 502 g/mol. The number of fused-ring (bicyclic) bond motifs is 1. The Kier molecular flexibility index (Phi) is 9.06. The number of aldehydes is 1. The molecule has 2 aliphatic heterocycles. The molecule has 0 saturated carbocycles. The van der Waals surface area contributed by atoms with E-state index in [0.29, 0.717) is 67.9 Å².